The molecule has 1 aliphatic heterocycles. The van der Waals surface area contributed by atoms with Crippen molar-refractivity contribution in [2.24, 2.45) is 5.92 Å². The molecule has 2 heterocycles. The van der Waals surface area contributed by atoms with Crippen LogP contribution in [-0.2, 0) is 4.79 Å². The molecule has 1 atom stereocenters. The van der Waals surface area contributed by atoms with E-state index < -0.39 is 0 Å². The van der Waals surface area contributed by atoms with Gasteiger partial charge in [0.25, 0.3) is 0 Å². The number of carbonyl (C=O) groups is 1. The van der Waals surface area contributed by atoms with Crippen LogP contribution in [0.3, 0.4) is 0 Å². The Labute approximate surface area is 117 Å². The molecule has 1 aliphatic rings. The molecule has 1 amide bonds. The van der Waals surface area contributed by atoms with Gasteiger partial charge >= 0.3 is 0 Å². The fourth-order valence-corrected chi connectivity index (χ4v) is 2.72. The minimum atomic E-state index is 0.157. The monoisotopic (exact) mass is 274 g/mol. The third kappa shape index (κ3) is 2.30. The van der Waals surface area contributed by atoms with E-state index in [-0.39, 0.29) is 11.8 Å². The Morgan fingerprint density at radius 3 is 2.95 bits per heavy atom. The van der Waals surface area contributed by atoms with Crippen LogP contribution < -0.4 is 4.90 Å². The zero-order valence-corrected chi connectivity index (χ0v) is 11.5. The molecule has 0 radical (unpaired) electrons. The number of benzene rings is 1. The number of pyridine rings is 1. The molecular formula is C15H15ClN2O. The molecule has 98 valence electrons. The van der Waals surface area contributed by atoms with E-state index in [0.29, 0.717) is 18.8 Å². The summed E-state index contributed by atoms with van der Waals surface area (Å²) in [5.74, 6) is 0.961. The third-order valence-electron chi connectivity index (χ3n) is 3.55. The van der Waals surface area contributed by atoms with Crippen molar-refractivity contribution in [2.45, 2.75) is 13.3 Å². The number of rotatable bonds is 2. The van der Waals surface area contributed by atoms with Crippen LogP contribution in [0.25, 0.3) is 10.9 Å². The second-order valence-electron chi connectivity index (χ2n) is 5.06. The number of aromatic nitrogens is 1. The lowest BCUT2D eigenvalue weighted by atomic mass is 10.1. The molecule has 2 aromatic rings. The molecular weight excluding hydrogens is 260 g/mol. The summed E-state index contributed by atoms with van der Waals surface area (Å²) < 4.78 is 0. The number of fused-ring (bicyclic) bond motifs is 1. The highest BCUT2D eigenvalue weighted by molar-refractivity contribution is 6.18. The summed E-state index contributed by atoms with van der Waals surface area (Å²) in [5.41, 5.74) is 2.90. The first-order valence-corrected chi connectivity index (χ1v) is 6.94. The summed E-state index contributed by atoms with van der Waals surface area (Å²) in [5, 5.41) is 1.06. The first-order valence-electron chi connectivity index (χ1n) is 6.41. The summed E-state index contributed by atoms with van der Waals surface area (Å²) in [7, 11) is 0. The van der Waals surface area contributed by atoms with Crippen LogP contribution >= 0.6 is 11.6 Å². The fraction of sp³-hybridized carbons (Fsp3) is 0.333. The van der Waals surface area contributed by atoms with Crippen molar-refractivity contribution in [3.05, 3.63) is 36.0 Å². The van der Waals surface area contributed by atoms with E-state index >= 15 is 0 Å². The number of hydrogen-bond donors (Lipinski definition) is 0. The fourth-order valence-electron chi connectivity index (χ4n) is 2.52. The van der Waals surface area contributed by atoms with Gasteiger partial charge in [0.1, 0.15) is 0 Å². The van der Waals surface area contributed by atoms with Crippen molar-refractivity contribution in [2.75, 3.05) is 17.3 Å². The van der Waals surface area contributed by atoms with Crippen LogP contribution in [0.1, 0.15) is 12.1 Å². The molecule has 0 spiro atoms. The van der Waals surface area contributed by atoms with Crippen LogP contribution in [0.5, 0.6) is 0 Å². The molecule has 3 rings (SSSR count). The lowest BCUT2D eigenvalue weighted by molar-refractivity contribution is -0.117. The van der Waals surface area contributed by atoms with Gasteiger partial charge in [-0.3, -0.25) is 9.78 Å². The van der Waals surface area contributed by atoms with Gasteiger partial charge in [-0.1, -0.05) is 6.07 Å². The molecule has 4 heteroatoms. The van der Waals surface area contributed by atoms with Crippen molar-refractivity contribution >= 4 is 34.1 Å². The number of alkyl halides is 1. The van der Waals surface area contributed by atoms with Crippen LogP contribution in [0.4, 0.5) is 5.69 Å². The Hall–Kier alpha value is -1.61. The summed E-state index contributed by atoms with van der Waals surface area (Å²) in [4.78, 5) is 18.3. The van der Waals surface area contributed by atoms with E-state index in [1.807, 2.05) is 42.2 Å². The molecule has 19 heavy (non-hydrogen) atoms. The Morgan fingerprint density at radius 2 is 2.21 bits per heavy atom. The number of halogens is 1. The average Bonchev–Trinajstić information content (AvgIpc) is 2.79. The van der Waals surface area contributed by atoms with E-state index in [1.54, 1.807) is 0 Å². The second kappa shape index (κ2) is 4.82. The summed E-state index contributed by atoms with van der Waals surface area (Å²) in [6, 6.07) is 9.98. The Morgan fingerprint density at radius 1 is 1.37 bits per heavy atom. The minimum absolute atomic E-state index is 0.157. The van der Waals surface area contributed by atoms with Gasteiger partial charge in [0.15, 0.2) is 0 Å². The van der Waals surface area contributed by atoms with E-state index in [0.717, 1.165) is 22.3 Å². The predicted molar refractivity (Wildman–Crippen MR) is 77.7 cm³/mol. The molecule has 1 saturated heterocycles. The maximum Gasteiger partial charge on any atom is 0.227 e. The van der Waals surface area contributed by atoms with Gasteiger partial charge in [-0.05, 0) is 37.1 Å². The van der Waals surface area contributed by atoms with Gasteiger partial charge in [0, 0.05) is 35.6 Å². The van der Waals surface area contributed by atoms with Crippen molar-refractivity contribution in [1.29, 1.82) is 0 Å². The molecule has 0 bridgehead atoms. The summed E-state index contributed by atoms with van der Waals surface area (Å²) in [6.07, 6.45) is 0.549. The number of aryl methyl sites for hydroxylation is 1. The molecule has 0 saturated carbocycles. The van der Waals surface area contributed by atoms with Gasteiger partial charge in [-0.25, -0.2) is 0 Å². The maximum absolute atomic E-state index is 12.0. The Balaban J connectivity index is 1.97. The second-order valence-corrected chi connectivity index (χ2v) is 5.37. The quantitative estimate of drug-likeness (QED) is 0.788. The van der Waals surface area contributed by atoms with Gasteiger partial charge in [-0.15, -0.1) is 11.6 Å². The highest BCUT2D eigenvalue weighted by Gasteiger charge is 2.29. The highest BCUT2D eigenvalue weighted by Crippen LogP contribution is 2.28. The number of amides is 1. The summed E-state index contributed by atoms with van der Waals surface area (Å²) in [6.45, 7) is 2.69. The number of nitrogens with zero attached hydrogens (tertiary/aromatic N) is 2. The van der Waals surface area contributed by atoms with Crippen LogP contribution in [0, 0.1) is 12.8 Å². The SMILES string of the molecule is Cc1ccc2cc(N3CC(CCl)CC3=O)ccc2n1. The van der Waals surface area contributed by atoms with Crippen molar-refractivity contribution < 1.29 is 4.79 Å². The Kier molecular flexibility index (Phi) is 3.15. The molecule has 1 fully saturated rings. The smallest absolute Gasteiger partial charge is 0.227 e. The third-order valence-corrected chi connectivity index (χ3v) is 3.98. The molecule has 0 N–H and O–H groups in total. The van der Waals surface area contributed by atoms with Crippen molar-refractivity contribution in [3.63, 3.8) is 0 Å². The van der Waals surface area contributed by atoms with Gasteiger partial charge in [0.05, 0.1) is 5.52 Å². The van der Waals surface area contributed by atoms with E-state index in [1.165, 1.54) is 0 Å². The average molecular weight is 275 g/mol. The van der Waals surface area contributed by atoms with Crippen molar-refractivity contribution in [3.8, 4) is 0 Å². The van der Waals surface area contributed by atoms with Gasteiger partial charge in [-0.2, -0.15) is 0 Å². The van der Waals surface area contributed by atoms with Gasteiger partial charge in [0.2, 0.25) is 5.91 Å². The number of hydrogen-bond acceptors (Lipinski definition) is 2. The number of carbonyl (C=O) groups excluding carboxylic acids is 1. The van der Waals surface area contributed by atoms with Crippen LogP contribution in [0.15, 0.2) is 30.3 Å². The van der Waals surface area contributed by atoms with E-state index in [2.05, 4.69) is 4.98 Å². The van der Waals surface area contributed by atoms with E-state index in [4.69, 9.17) is 11.6 Å². The highest BCUT2D eigenvalue weighted by atomic mass is 35.5. The first kappa shape index (κ1) is 12.4. The molecule has 1 aromatic carbocycles. The zero-order valence-electron chi connectivity index (χ0n) is 10.8. The molecule has 0 aliphatic carbocycles. The van der Waals surface area contributed by atoms with Crippen molar-refractivity contribution in [1.82, 2.24) is 4.98 Å². The topological polar surface area (TPSA) is 33.2 Å². The molecule has 1 aromatic heterocycles. The largest absolute Gasteiger partial charge is 0.312 e. The molecule has 3 nitrogen and oxygen atoms in total. The lowest BCUT2D eigenvalue weighted by Gasteiger charge is -2.17. The normalized spacial score (nSPS) is 19.4. The lowest BCUT2D eigenvalue weighted by Crippen LogP contribution is -2.24. The van der Waals surface area contributed by atoms with Crippen LogP contribution in [0.2, 0.25) is 0 Å². The minimum Gasteiger partial charge on any atom is -0.312 e. The zero-order chi connectivity index (χ0) is 13.4. The Bertz CT molecular complexity index is 641. The van der Waals surface area contributed by atoms with Gasteiger partial charge < -0.3 is 4.90 Å². The predicted octanol–water partition coefficient (Wildman–Crippen LogP) is 3.13. The summed E-state index contributed by atoms with van der Waals surface area (Å²) >= 11 is 5.85. The molecule has 1 unspecified atom stereocenters. The standard InChI is InChI=1S/C15H15ClN2O/c1-10-2-3-12-7-13(4-5-14(12)17-10)18-9-11(8-16)6-15(18)19/h2-5,7,11H,6,8-9H2,1H3. The number of anilines is 1. The van der Waals surface area contributed by atoms with Crippen LogP contribution in [-0.4, -0.2) is 23.3 Å². The first-order chi connectivity index (χ1) is 9.17. The van der Waals surface area contributed by atoms with E-state index in [9.17, 15) is 4.79 Å². The maximum atomic E-state index is 12.0.